The molecule has 1 unspecified atom stereocenters. The maximum Gasteiger partial charge on any atom is 0.259 e. The number of nitrogens with zero attached hydrogens (tertiary/aromatic N) is 1. The fraction of sp³-hybridized carbons (Fsp3) is 0.222. The lowest BCUT2D eigenvalue weighted by Gasteiger charge is -2.36. The molecule has 2 aromatic carbocycles. The first kappa shape index (κ1) is 14.3. The summed E-state index contributed by atoms with van der Waals surface area (Å²) in [5, 5.41) is 2.90. The van der Waals surface area contributed by atoms with E-state index >= 15 is 0 Å². The van der Waals surface area contributed by atoms with Gasteiger partial charge in [0.25, 0.3) is 5.91 Å². The SMILES string of the molecule is CCCC1C(=O)Nc2ccccc2N1C(=O)c1ccccc1. The lowest BCUT2D eigenvalue weighted by atomic mass is 10.0. The molecule has 4 heteroatoms. The van der Waals surface area contributed by atoms with Gasteiger partial charge >= 0.3 is 0 Å². The lowest BCUT2D eigenvalue weighted by molar-refractivity contribution is -0.117. The first-order valence-corrected chi connectivity index (χ1v) is 7.51. The molecule has 1 N–H and O–H groups in total. The van der Waals surface area contributed by atoms with Gasteiger partial charge in [0.1, 0.15) is 6.04 Å². The van der Waals surface area contributed by atoms with E-state index in [1.807, 2.05) is 49.4 Å². The van der Waals surface area contributed by atoms with E-state index in [2.05, 4.69) is 5.32 Å². The Morgan fingerprint density at radius 2 is 1.77 bits per heavy atom. The molecule has 4 nitrogen and oxygen atoms in total. The van der Waals surface area contributed by atoms with Crippen LogP contribution in [0.4, 0.5) is 11.4 Å². The van der Waals surface area contributed by atoms with E-state index in [4.69, 9.17) is 0 Å². The van der Waals surface area contributed by atoms with Crippen LogP contribution < -0.4 is 10.2 Å². The Morgan fingerprint density at radius 3 is 2.50 bits per heavy atom. The molecule has 0 radical (unpaired) electrons. The van der Waals surface area contributed by atoms with Crippen molar-refractivity contribution < 1.29 is 9.59 Å². The minimum absolute atomic E-state index is 0.121. The number of para-hydroxylation sites is 2. The normalized spacial score (nSPS) is 16.9. The van der Waals surface area contributed by atoms with E-state index in [-0.39, 0.29) is 11.8 Å². The molecule has 2 aromatic rings. The Labute approximate surface area is 129 Å². The molecule has 3 rings (SSSR count). The summed E-state index contributed by atoms with van der Waals surface area (Å²) in [4.78, 5) is 27.0. The van der Waals surface area contributed by atoms with Crippen molar-refractivity contribution >= 4 is 23.2 Å². The first-order valence-electron chi connectivity index (χ1n) is 7.51. The van der Waals surface area contributed by atoms with Crippen LogP contribution in [0.15, 0.2) is 54.6 Å². The highest BCUT2D eigenvalue weighted by molar-refractivity contribution is 6.16. The molecule has 0 saturated heterocycles. The molecule has 0 aliphatic carbocycles. The molecule has 1 aliphatic rings. The number of fused-ring (bicyclic) bond motifs is 1. The average molecular weight is 294 g/mol. The van der Waals surface area contributed by atoms with Crippen molar-refractivity contribution in [1.29, 1.82) is 0 Å². The summed E-state index contributed by atoms with van der Waals surface area (Å²) >= 11 is 0. The van der Waals surface area contributed by atoms with Crippen LogP contribution in [0, 0.1) is 0 Å². The van der Waals surface area contributed by atoms with E-state index in [9.17, 15) is 9.59 Å². The number of hydrogen-bond acceptors (Lipinski definition) is 2. The molecule has 0 aromatic heterocycles. The van der Waals surface area contributed by atoms with E-state index < -0.39 is 6.04 Å². The van der Waals surface area contributed by atoms with Crippen LogP contribution in [-0.2, 0) is 4.79 Å². The fourth-order valence-electron chi connectivity index (χ4n) is 2.79. The first-order chi connectivity index (χ1) is 10.7. The molecule has 2 amide bonds. The Hall–Kier alpha value is -2.62. The number of carbonyl (C=O) groups excluding carboxylic acids is 2. The highest BCUT2D eigenvalue weighted by Gasteiger charge is 2.36. The highest BCUT2D eigenvalue weighted by Crippen LogP contribution is 2.34. The van der Waals surface area contributed by atoms with Crippen molar-refractivity contribution in [2.75, 3.05) is 10.2 Å². The molecule has 1 heterocycles. The number of benzene rings is 2. The number of amides is 2. The number of nitrogens with one attached hydrogen (secondary N) is 1. The Morgan fingerprint density at radius 1 is 1.09 bits per heavy atom. The van der Waals surface area contributed by atoms with E-state index in [1.54, 1.807) is 17.0 Å². The molecule has 0 bridgehead atoms. The van der Waals surface area contributed by atoms with Crippen molar-refractivity contribution in [3.63, 3.8) is 0 Å². The number of rotatable bonds is 3. The predicted octanol–water partition coefficient (Wildman–Crippen LogP) is 3.45. The van der Waals surface area contributed by atoms with Gasteiger partial charge in [0.05, 0.1) is 11.4 Å². The maximum absolute atomic E-state index is 12.9. The van der Waals surface area contributed by atoms with Crippen LogP contribution in [0.5, 0.6) is 0 Å². The van der Waals surface area contributed by atoms with Crippen LogP contribution >= 0.6 is 0 Å². The van der Waals surface area contributed by atoms with Crippen LogP contribution in [0.1, 0.15) is 30.1 Å². The summed E-state index contributed by atoms with van der Waals surface area (Å²) in [6.45, 7) is 2.01. The third kappa shape index (κ3) is 2.48. The Bertz CT molecular complexity index is 697. The number of anilines is 2. The van der Waals surface area contributed by atoms with E-state index in [0.29, 0.717) is 17.7 Å². The predicted molar refractivity (Wildman–Crippen MR) is 87.0 cm³/mol. The van der Waals surface area contributed by atoms with Crippen molar-refractivity contribution in [2.24, 2.45) is 0 Å². The third-order valence-electron chi connectivity index (χ3n) is 3.84. The van der Waals surface area contributed by atoms with Crippen molar-refractivity contribution in [3.05, 3.63) is 60.2 Å². The summed E-state index contributed by atoms with van der Waals surface area (Å²) in [6.07, 6.45) is 1.47. The average Bonchev–Trinajstić information content (AvgIpc) is 2.56. The molecule has 1 atom stereocenters. The highest BCUT2D eigenvalue weighted by atomic mass is 16.2. The molecule has 0 spiro atoms. The molecule has 112 valence electrons. The monoisotopic (exact) mass is 294 g/mol. The quantitative estimate of drug-likeness (QED) is 0.942. The third-order valence-corrected chi connectivity index (χ3v) is 3.84. The molecule has 22 heavy (non-hydrogen) atoms. The summed E-state index contributed by atoms with van der Waals surface area (Å²) < 4.78 is 0. The minimum Gasteiger partial charge on any atom is -0.322 e. The van der Waals surface area contributed by atoms with Crippen molar-refractivity contribution in [1.82, 2.24) is 0 Å². The van der Waals surface area contributed by atoms with Crippen LogP contribution in [0.25, 0.3) is 0 Å². The van der Waals surface area contributed by atoms with Crippen LogP contribution in [0.3, 0.4) is 0 Å². The summed E-state index contributed by atoms with van der Waals surface area (Å²) in [6, 6.07) is 16.1. The zero-order valence-electron chi connectivity index (χ0n) is 12.5. The Kier molecular flexibility index (Phi) is 3.92. The second kappa shape index (κ2) is 6.02. The zero-order chi connectivity index (χ0) is 15.5. The molecular formula is C18H18N2O2. The molecule has 0 fully saturated rings. The van der Waals surface area contributed by atoms with Gasteiger partial charge in [-0.2, -0.15) is 0 Å². The van der Waals surface area contributed by atoms with E-state index in [1.165, 1.54) is 0 Å². The topological polar surface area (TPSA) is 49.4 Å². The minimum atomic E-state index is -0.465. The smallest absolute Gasteiger partial charge is 0.259 e. The Balaban J connectivity index is 2.07. The molecule has 0 saturated carbocycles. The number of carbonyl (C=O) groups is 2. The summed E-state index contributed by atoms with van der Waals surface area (Å²) in [7, 11) is 0. The van der Waals surface area contributed by atoms with Gasteiger partial charge in [0, 0.05) is 5.56 Å². The van der Waals surface area contributed by atoms with Crippen LogP contribution in [-0.4, -0.2) is 17.9 Å². The standard InChI is InChI=1S/C18H18N2O2/c1-2-8-16-17(21)19-14-11-6-7-12-15(14)20(16)18(22)13-9-4-3-5-10-13/h3-7,9-12,16H,2,8H2,1H3,(H,19,21). The van der Waals surface area contributed by atoms with Crippen molar-refractivity contribution in [3.8, 4) is 0 Å². The van der Waals surface area contributed by atoms with Gasteiger partial charge in [0.2, 0.25) is 5.91 Å². The van der Waals surface area contributed by atoms with Crippen molar-refractivity contribution in [2.45, 2.75) is 25.8 Å². The van der Waals surface area contributed by atoms with Gasteiger partial charge in [-0.3, -0.25) is 14.5 Å². The van der Waals surface area contributed by atoms with Crippen LogP contribution in [0.2, 0.25) is 0 Å². The lowest BCUT2D eigenvalue weighted by Crippen LogP contribution is -2.51. The largest absolute Gasteiger partial charge is 0.322 e. The second-order valence-electron chi connectivity index (χ2n) is 5.35. The maximum atomic E-state index is 12.9. The molecular weight excluding hydrogens is 276 g/mol. The number of hydrogen-bond donors (Lipinski definition) is 1. The molecule has 1 aliphatic heterocycles. The van der Waals surface area contributed by atoms with Gasteiger partial charge in [-0.1, -0.05) is 43.7 Å². The van der Waals surface area contributed by atoms with Gasteiger partial charge in [-0.25, -0.2) is 0 Å². The summed E-state index contributed by atoms with van der Waals surface area (Å²) in [5.74, 6) is -0.258. The second-order valence-corrected chi connectivity index (χ2v) is 5.35. The van der Waals surface area contributed by atoms with Gasteiger partial charge in [-0.05, 0) is 30.7 Å². The van der Waals surface area contributed by atoms with E-state index in [0.717, 1.165) is 12.1 Å². The zero-order valence-corrected chi connectivity index (χ0v) is 12.5. The van der Waals surface area contributed by atoms with Gasteiger partial charge < -0.3 is 5.32 Å². The fourth-order valence-corrected chi connectivity index (χ4v) is 2.79. The van der Waals surface area contributed by atoms with Gasteiger partial charge in [-0.15, -0.1) is 0 Å². The van der Waals surface area contributed by atoms with Gasteiger partial charge in [0.15, 0.2) is 0 Å². The summed E-state index contributed by atoms with van der Waals surface area (Å²) in [5.41, 5.74) is 2.03.